The normalized spacial score (nSPS) is 35.8. The number of thiocarbonyl (C=S) groups is 1. The van der Waals surface area contributed by atoms with Gasteiger partial charge in [0.15, 0.2) is 5.11 Å². The van der Waals surface area contributed by atoms with E-state index in [2.05, 4.69) is 34.9 Å². The summed E-state index contributed by atoms with van der Waals surface area (Å²) in [6, 6.07) is 0. The van der Waals surface area contributed by atoms with E-state index in [4.69, 9.17) is 5.73 Å². The van der Waals surface area contributed by atoms with Crippen molar-refractivity contribution >= 4 is 23.5 Å². The highest BCUT2D eigenvalue weighted by Gasteiger charge is 2.34. The maximum absolute atomic E-state index is 5.25. The molecule has 2 bridgehead atoms. The van der Waals surface area contributed by atoms with Gasteiger partial charge in [-0.1, -0.05) is 12.2 Å². The van der Waals surface area contributed by atoms with E-state index in [1.54, 1.807) is 0 Å². The van der Waals surface area contributed by atoms with E-state index in [9.17, 15) is 0 Å². The molecule has 3 nitrogen and oxygen atoms in total. The van der Waals surface area contributed by atoms with Crippen molar-refractivity contribution in [2.75, 3.05) is 0 Å². The molecule has 0 saturated heterocycles. The first-order valence-corrected chi connectivity index (χ1v) is 4.93. The molecule has 0 radical (unpaired) electrons. The van der Waals surface area contributed by atoms with Crippen molar-refractivity contribution in [3.8, 4) is 0 Å². The molecular weight excluding hydrogens is 182 g/mol. The summed E-state index contributed by atoms with van der Waals surface area (Å²) in [5, 5.41) is 4.23. The van der Waals surface area contributed by atoms with E-state index in [0.717, 1.165) is 5.92 Å². The highest BCUT2D eigenvalue weighted by molar-refractivity contribution is 7.80. The first-order valence-electron chi connectivity index (χ1n) is 4.52. The molecule has 0 amide bonds. The summed E-state index contributed by atoms with van der Waals surface area (Å²) >= 11 is 4.64. The van der Waals surface area contributed by atoms with E-state index < -0.39 is 0 Å². The number of allylic oxidation sites excluding steroid dienone is 2. The van der Waals surface area contributed by atoms with Crippen LogP contribution >= 0.6 is 12.2 Å². The molecule has 1 saturated carbocycles. The van der Waals surface area contributed by atoms with E-state index >= 15 is 0 Å². The molecule has 0 aromatic rings. The van der Waals surface area contributed by atoms with Crippen LogP contribution in [0.4, 0.5) is 0 Å². The van der Waals surface area contributed by atoms with Crippen LogP contribution in [-0.2, 0) is 0 Å². The predicted octanol–water partition coefficient (Wildman–Crippen LogP) is 1.02. The summed E-state index contributed by atoms with van der Waals surface area (Å²) in [4.78, 5) is 0. The number of fused-ring (bicyclic) bond motifs is 2. The van der Waals surface area contributed by atoms with Gasteiger partial charge in [-0.3, -0.25) is 5.43 Å². The zero-order valence-corrected chi connectivity index (χ0v) is 8.13. The molecule has 2 aliphatic carbocycles. The Morgan fingerprint density at radius 1 is 1.54 bits per heavy atom. The van der Waals surface area contributed by atoms with Crippen molar-refractivity contribution in [3.05, 3.63) is 12.2 Å². The second-order valence-electron chi connectivity index (χ2n) is 3.70. The average Bonchev–Trinajstić information content (AvgIpc) is 2.64. The van der Waals surface area contributed by atoms with Gasteiger partial charge in [-0.15, -0.1) is 0 Å². The number of nitrogens with one attached hydrogen (secondary N) is 1. The van der Waals surface area contributed by atoms with Gasteiger partial charge in [0.05, 0.1) is 0 Å². The number of hydrogen-bond donors (Lipinski definition) is 2. The minimum Gasteiger partial charge on any atom is -0.375 e. The van der Waals surface area contributed by atoms with Crippen molar-refractivity contribution in [1.82, 2.24) is 5.43 Å². The van der Waals surface area contributed by atoms with Crippen LogP contribution in [-0.4, -0.2) is 11.3 Å². The lowest BCUT2D eigenvalue weighted by Gasteiger charge is -2.11. The standard InChI is InChI=1S/C9H13N3S/c10-9(13)12-11-5-8-4-6-1-2-7(8)3-6/h1-2,5-8H,3-4H2,(H3,10,12,13)/b11-5-/t6-,7-,8+/m0/s1. The summed E-state index contributed by atoms with van der Waals surface area (Å²) < 4.78 is 0. The predicted molar refractivity (Wildman–Crippen MR) is 57.3 cm³/mol. The van der Waals surface area contributed by atoms with E-state index in [0.29, 0.717) is 11.8 Å². The fraction of sp³-hybridized carbons (Fsp3) is 0.556. The molecule has 0 heterocycles. The highest BCUT2D eigenvalue weighted by atomic mass is 32.1. The molecule has 0 aromatic carbocycles. The van der Waals surface area contributed by atoms with Gasteiger partial charge >= 0.3 is 0 Å². The first kappa shape index (κ1) is 8.69. The van der Waals surface area contributed by atoms with Gasteiger partial charge in [0.25, 0.3) is 0 Å². The van der Waals surface area contributed by atoms with Crippen LogP contribution in [0.5, 0.6) is 0 Å². The summed E-state index contributed by atoms with van der Waals surface area (Å²) in [6.45, 7) is 0. The highest BCUT2D eigenvalue weighted by Crippen LogP contribution is 2.42. The Morgan fingerprint density at radius 2 is 2.38 bits per heavy atom. The molecule has 0 aromatic heterocycles. The molecule has 13 heavy (non-hydrogen) atoms. The lowest BCUT2D eigenvalue weighted by molar-refractivity contribution is 0.592. The van der Waals surface area contributed by atoms with Crippen molar-refractivity contribution in [2.24, 2.45) is 28.6 Å². The van der Waals surface area contributed by atoms with Gasteiger partial charge in [-0.25, -0.2) is 0 Å². The molecule has 4 heteroatoms. The van der Waals surface area contributed by atoms with Crippen LogP contribution in [0.15, 0.2) is 17.3 Å². The summed E-state index contributed by atoms with van der Waals surface area (Å²) in [7, 11) is 0. The Labute approximate surface area is 83.1 Å². The molecule has 2 aliphatic rings. The summed E-state index contributed by atoms with van der Waals surface area (Å²) in [5.74, 6) is 2.06. The number of rotatable bonds is 2. The third kappa shape index (κ3) is 1.88. The Balaban J connectivity index is 1.86. The van der Waals surface area contributed by atoms with Crippen LogP contribution in [0.25, 0.3) is 0 Å². The van der Waals surface area contributed by atoms with E-state index in [1.165, 1.54) is 12.8 Å². The second-order valence-corrected chi connectivity index (χ2v) is 4.14. The number of nitrogens with zero attached hydrogens (tertiary/aromatic N) is 1. The van der Waals surface area contributed by atoms with Gasteiger partial charge in [-0.05, 0) is 36.9 Å². The van der Waals surface area contributed by atoms with Crippen LogP contribution < -0.4 is 11.2 Å². The minimum absolute atomic E-state index is 0.231. The van der Waals surface area contributed by atoms with Crippen molar-refractivity contribution < 1.29 is 0 Å². The molecule has 0 unspecified atom stereocenters. The quantitative estimate of drug-likeness (QED) is 0.299. The van der Waals surface area contributed by atoms with E-state index in [1.807, 2.05) is 6.21 Å². The lowest BCUT2D eigenvalue weighted by atomic mass is 9.95. The molecule has 3 atom stereocenters. The number of nitrogens with two attached hydrogens (primary N) is 1. The summed E-state index contributed by atoms with van der Waals surface area (Å²) in [5.41, 5.74) is 7.83. The molecule has 1 fully saturated rings. The van der Waals surface area contributed by atoms with Gasteiger partial charge in [0.1, 0.15) is 0 Å². The average molecular weight is 195 g/mol. The minimum atomic E-state index is 0.231. The molecule has 70 valence electrons. The molecule has 0 spiro atoms. The number of hydrogen-bond acceptors (Lipinski definition) is 2. The summed E-state index contributed by atoms with van der Waals surface area (Å²) in [6.07, 6.45) is 9.07. The van der Waals surface area contributed by atoms with Gasteiger partial charge in [0.2, 0.25) is 0 Å². The third-order valence-electron chi connectivity index (χ3n) is 2.77. The Bertz CT molecular complexity index is 272. The van der Waals surface area contributed by atoms with Gasteiger partial charge in [0, 0.05) is 12.1 Å². The zero-order chi connectivity index (χ0) is 9.26. The topological polar surface area (TPSA) is 50.4 Å². The van der Waals surface area contributed by atoms with Crippen molar-refractivity contribution in [1.29, 1.82) is 0 Å². The fourth-order valence-electron chi connectivity index (χ4n) is 2.19. The maximum atomic E-state index is 5.25. The Morgan fingerprint density at radius 3 is 2.92 bits per heavy atom. The number of hydrazone groups is 1. The van der Waals surface area contributed by atoms with Crippen LogP contribution in [0.3, 0.4) is 0 Å². The molecule has 3 N–H and O–H groups in total. The Hall–Kier alpha value is -0.900. The monoisotopic (exact) mass is 195 g/mol. The van der Waals surface area contributed by atoms with Crippen LogP contribution in [0.2, 0.25) is 0 Å². The maximum Gasteiger partial charge on any atom is 0.184 e. The van der Waals surface area contributed by atoms with Gasteiger partial charge < -0.3 is 5.73 Å². The molecular formula is C9H13N3S. The van der Waals surface area contributed by atoms with Gasteiger partial charge in [-0.2, -0.15) is 5.10 Å². The fourth-order valence-corrected chi connectivity index (χ4v) is 2.24. The van der Waals surface area contributed by atoms with Crippen molar-refractivity contribution in [3.63, 3.8) is 0 Å². The second kappa shape index (κ2) is 3.46. The Kier molecular flexibility index (Phi) is 2.31. The smallest absolute Gasteiger partial charge is 0.184 e. The van der Waals surface area contributed by atoms with E-state index in [-0.39, 0.29) is 5.11 Å². The SMILES string of the molecule is NC(=S)N/N=C\[C@H]1C[C@H]2C=C[C@H]1C2. The molecule has 2 rings (SSSR count). The van der Waals surface area contributed by atoms with Crippen molar-refractivity contribution in [2.45, 2.75) is 12.8 Å². The zero-order valence-electron chi connectivity index (χ0n) is 7.31. The molecule has 0 aliphatic heterocycles. The first-order chi connectivity index (χ1) is 6.25. The largest absolute Gasteiger partial charge is 0.375 e. The van der Waals surface area contributed by atoms with Crippen LogP contribution in [0.1, 0.15) is 12.8 Å². The third-order valence-corrected chi connectivity index (χ3v) is 2.86. The van der Waals surface area contributed by atoms with Crippen LogP contribution in [0, 0.1) is 17.8 Å². The lowest BCUT2D eigenvalue weighted by Crippen LogP contribution is -2.25.